The van der Waals surface area contributed by atoms with E-state index in [1.165, 1.54) is 5.56 Å². The van der Waals surface area contributed by atoms with E-state index in [0.29, 0.717) is 5.70 Å². The molecule has 0 amide bonds. The summed E-state index contributed by atoms with van der Waals surface area (Å²) in [6.07, 6.45) is 7.64. The second kappa shape index (κ2) is 7.72. The molecule has 0 radical (unpaired) electrons. The van der Waals surface area contributed by atoms with Crippen molar-refractivity contribution in [3.05, 3.63) is 102 Å². The zero-order valence-corrected chi connectivity index (χ0v) is 14.2. The van der Waals surface area contributed by atoms with Crippen LogP contribution < -0.4 is 10.6 Å². The third kappa shape index (κ3) is 4.06. The summed E-state index contributed by atoms with van der Waals surface area (Å²) in [5.41, 5.74) is 14.1. The van der Waals surface area contributed by atoms with Gasteiger partial charge in [0.05, 0.1) is 5.70 Å². The number of aryl methyl sites for hydroxylation is 1. The van der Waals surface area contributed by atoms with Crippen molar-refractivity contribution < 1.29 is 17.4 Å². The first-order valence-corrected chi connectivity index (χ1v) is 7.26. The number of allylic oxidation sites excluding steroid dienone is 4. The van der Waals surface area contributed by atoms with Crippen LogP contribution in [-0.2, 0) is 17.4 Å². The molecule has 0 bridgehead atoms. The summed E-state index contributed by atoms with van der Waals surface area (Å²) in [6.45, 7) is 2.09. The van der Waals surface area contributed by atoms with Crippen LogP contribution in [0.15, 0.2) is 96.0 Å². The van der Waals surface area contributed by atoms with Gasteiger partial charge in [0.2, 0.25) is 0 Å². The van der Waals surface area contributed by atoms with Crippen molar-refractivity contribution >= 4 is 11.4 Å². The average molecular weight is 338 g/mol. The van der Waals surface area contributed by atoms with Crippen LogP contribution in [0.4, 0.5) is 11.4 Å². The molecule has 23 heavy (non-hydrogen) atoms. The summed E-state index contributed by atoms with van der Waals surface area (Å²) in [7, 11) is 0. The first-order valence-electron chi connectivity index (χ1n) is 7.26. The number of para-hydroxylation sites is 1. The van der Waals surface area contributed by atoms with E-state index in [4.69, 9.17) is 5.73 Å². The molecule has 3 rings (SSSR count). The van der Waals surface area contributed by atoms with Crippen molar-refractivity contribution in [2.24, 2.45) is 5.73 Å². The summed E-state index contributed by atoms with van der Waals surface area (Å²) < 4.78 is 0. The summed E-state index contributed by atoms with van der Waals surface area (Å²) in [6, 6.07) is 18.8. The Kier molecular flexibility index (Phi) is 5.68. The maximum atomic E-state index is 5.85. The number of nitrogens with two attached hydrogens (primary N) is 1. The van der Waals surface area contributed by atoms with Gasteiger partial charge < -0.3 is 10.6 Å². The van der Waals surface area contributed by atoms with E-state index in [9.17, 15) is 0 Å². The van der Waals surface area contributed by atoms with Crippen molar-refractivity contribution in [2.75, 3.05) is 4.90 Å². The van der Waals surface area contributed by atoms with Gasteiger partial charge in [0.1, 0.15) is 0 Å². The first-order chi connectivity index (χ1) is 10.7. The quantitative estimate of drug-likeness (QED) is 0.830. The van der Waals surface area contributed by atoms with Crippen LogP contribution in [0.25, 0.3) is 0 Å². The van der Waals surface area contributed by atoms with Gasteiger partial charge in [-0.3, -0.25) is 0 Å². The topological polar surface area (TPSA) is 29.3 Å². The molecule has 0 heterocycles. The number of hydrogen-bond donors (Lipinski definition) is 1. The molecule has 0 saturated carbocycles. The van der Waals surface area contributed by atoms with Crippen molar-refractivity contribution in [3.63, 3.8) is 0 Å². The molecule has 0 aromatic heterocycles. The van der Waals surface area contributed by atoms with Gasteiger partial charge in [-0.05, 0) is 43.3 Å². The Morgan fingerprint density at radius 1 is 0.826 bits per heavy atom. The Morgan fingerprint density at radius 3 is 2.17 bits per heavy atom. The van der Waals surface area contributed by atoms with E-state index in [1.54, 1.807) is 6.08 Å². The van der Waals surface area contributed by atoms with Gasteiger partial charge in [0.25, 0.3) is 0 Å². The molecule has 114 valence electrons. The van der Waals surface area contributed by atoms with Gasteiger partial charge in [-0.15, -0.1) is 5.73 Å². The van der Waals surface area contributed by atoms with Gasteiger partial charge in [-0.2, -0.15) is 0 Å². The Balaban J connectivity index is 0.00000192. The number of rotatable bonds is 3. The average Bonchev–Trinajstić information content (AvgIpc) is 2.76. The standard InChI is InChI=1S/C20H18N2.Cr/c1-16-10-13-20(14-11-16)22(18-7-3-2-4-8-18)19-9-5-6-17(21)12-15-19;/h2-4,6-15H,21H2,1H3;. The van der Waals surface area contributed by atoms with E-state index in [1.807, 2.05) is 36.4 Å². The van der Waals surface area contributed by atoms with E-state index in [2.05, 4.69) is 54.0 Å². The van der Waals surface area contributed by atoms with Gasteiger partial charge in [0, 0.05) is 46.6 Å². The van der Waals surface area contributed by atoms with Crippen LogP contribution in [0, 0.1) is 6.92 Å². The van der Waals surface area contributed by atoms with E-state index < -0.39 is 0 Å². The molecule has 2 aromatic rings. The Labute approximate surface area is 148 Å². The molecular weight excluding hydrogens is 320 g/mol. The summed E-state index contributed by atoms with van der Waals surface area (Å²) in [5.74, 6) is 0. The SMILES string of the molecule is Cc1ccc(N(C2=CC=C(N)C=C=C2)c2ccccc2)cc1.[Cr]. The van der Waals surface area contributed by atoms with E-state index in [-0.39, 0.29) is 17.4 Å². The molecule has 0 aliphatic heterocycles. The molecule has 0 saturated heterocycles. The van der Waals surface area contributed by atoms with Gasteiger partial charge in [-0.1, -0.05) is 35.9 Å². The minimum absolute atomic E-state index is 0. The van der Waals surface area contributed by atoms with E-state index in [0.717, 1.165) is 17.1 Å². The second-order valence-corrected chi connectivity index (χ2v) is 5.22. The molecule has 1 aliphatic rings. The summed E-state index contributed by atoms with van der Waals surface area (Å²) in [5, 5.41) is 0. The van der Waals surface area contributed by atoms with Gasteiger partial charge in [-0.25, -0.2) is 0 Å². The minimum Gasteiger partial charge on any atom is -0.398 e. The number of anilines is 2. The molecule has 2 aromatic carbocycles. The molecule has 0 atom stereocenters. The van der Waals surface area contributed by atoms with Crippen molar-refractivity contribution in [2.45, 2.75) is 6.92 Å². The molecule has 2 nitrogen and oxygen atoms in total. The molecular formula is C20H18CrN2. The zero-order chi connectivity index (χ0) is 15.4. The summed E-state index contributed by atoms with van der Waals surface area (Å²) >= 11 is 0. The first kappa shape index (κ1) is 16.9. The van der Waals surface area contributed by atoms with Gasteiger partial charge in [0.15, 0.2) is 0 Å². The Hall–Kier alpha value is -2.43. The van der Waals surface area contributed by atoms with Crippen LogP contribution in [0.3, 0.4) is 0 Å². The molecule has 1 aliphatic carbocycles. The molecule has 3 heteroatoms. The maximum Gasteiger partial charge on any atom is 0.0539 e. The number of hydrogen-bond acceptors (Lipinski definition) is 2. The molecule has 2 N–H and O–H groups in total. The van der Waals surface area contributed by atoms with Crippen molar-refractivity contribution in [3.8, 4) is 0 Å². The van der Waals surface area contributed by atoms with Crippen LogP contribution in [-0.4, -0.2) is 0 Å². The fourth-order valence-corrected chi connectivity index (χ4v) is 2.36. The Bertz CT molecular complexity index is 780. The molecule has 0 fully saturated rings. The number of benzene rings is 2. The third-order valence-corrected chi connectivity index (χ3v) is 3.49. The summed E-state index contributed by atoms with van der Waals surface area (Å²) in [4.78, 5) is 2.19. The number of nitrogens with zero attached hydrogens (tertiary/aromatic N) is 1. The second-order valence-electron chi connectivity index (χ2n) is 5.22. The van der Waals surface area contributed by atoms with E-state index >= 15 is 0 Å². The van der Waals surface area contributed by atoms with Crippen LogP contribution in [0.1, 0.15) is 5.56 Å². The fraction of sp³-hybridized carbons (Fsp3) is 0.0500. The molecule has 0 spiro atoms. The predicted octanol–water partition coefficient (Wildman–Crippen LogP) is 4.58. The minimum atomic E-state index is 0. The van der Waals surface area contributed by atoms with Crippen molar-refractivity contribution in [1.29, 1.82) is 0 Å². The third-order valence-electron chi connectivity index (χ3n) is 3.49. The van der Waals surface area contributed by atoms with Crippen LogP contribution in [0.2, 0.25) is 0 Å². The monoisotopic (exact) mass is 338 g/mol. The predicted molar refractivity (Wildman–Crippen MR) is 92.8 cm³/mol. The largest absolute Gasteiger partial charge is 0.398 e. The van der Waals surface area contributed by atoms with Gasteiger partial charge >= 0.3 is 0 Å². The zero-order valence-electron chi connectivity index (χ0n) is 12.9. The van der Waals surface area contributed by atoms with Crippen molar-refractivity contribution in [1.82, 2.24) is 0 Å². The smallest absolute Gasteiger partial charge is 0.0539 e. The molecule has 0 unspecified atom stereocenters. The fourth-order valence-electron chi connectivity index (χ4n) is 2.36. The van der Waals surface area contributed by atoms with Crippen LogP contribution in [0.5, 0.6) is 0 Å². The normalized spacial score (nSPS) is 12.7. The van der Waals surface area contributed by atoms with Crippen LogP contribution >= 0.6 is 0 Å². The maximum absolute atomic E-state index is 5.85. The Morgan fingerprint density at radius 2 is 1.48 bits per heavy atom.